The second-order valence-corrected chi connectivity index (χ2v) is 34.0. The Labute approximate surface area is 687 Å². The first-order valence-corrected chi connectivity index (χ1v) is 42.1. The second-order valence-electron chi connectivity index (χ2n) is 31.4. The van der Waals surface area contributed by atoms with E-state index in [1.807, 2.05) is 40.7 Å². The number of hydrogen-bond acceptors (Lipinski definition) is 18. The van der Waals surface area contributed by atoms with Crippen LogP contribution in [-0.4, -0.2) is 252 Å². The van der Waals surface area contributed by atoms with Crippen molar-refractivity contribution in [3.8, 4) is 5.75 Å². The monoisotopic (exact) mass is 1630 g/mol. The lowest BCUT2D eigenvalue weighted by Crippen LogP contribution is -2.62. The van der Waals surface area contributed by atoms with E-state index in [1.54, 1.807) is 164 Å². The average molecular weight is 1630 g/mol. The minimum Gasteiger partial charge on any atom is -0.425 e. The molecule has 4 aromatic rings. The van der Waals surface area contributed by atoms with Crippen molar-refractivity contribution in [3.05, 3.63) is 131 Å². The van der Waals surface area contributed by atoms with Crippen LogP contribution in [0.5, 0.6) is 5.75 Å². The molecule has 1 fully saturated rings. The Morgan fingerprint density at radius 3 is 1.48 bits per heavy atom. The number of rotatable bonds is 43. The Bertz CT molecular complexity index is 3910. The van der Waals surface area contributed by atoms with Gasteiger partial charge in [-0.2, -0.15) is 0 Å². The quantitative estimate of drug-likeness (QED) is 0.0146. The third-order valence-electron chi connectivity index (χ3n) is 20.6. The van der Waals surface area contributed by atoms with Crippen LogP contribution in [0.3, 0.4) is 0 Å². The molecule has 0 spiro atoms. The number of likely N-dealkylation sites (tertiary alicyclic amines) is 1. The van der Waals surface area contributed by atoms with Crippen LogP contribution >= 0.6 is 21.6 Å². The van der Waals surface area contributed by atoms with Gasteiger partial charge in [0.15, 0.2) is 0 Å². The molecule has 8 N–H and O–H groups in total. The van der Waals surface area contributed by atoms with Gasteiger partial charge in [0.2, 0.25) is 70.9 Å². The molecule has 4 aromatic carbocycles. The van der Waals surface area contributed by atoms with E-state index in [-0.39, 0.29) is 55.6 Å². The van der Waals surface area contributed by atoms with Gasteiger partial charge >= 0.3 is 5.97 Å². The van der Waals surface area contributed by atoms with Gasteiger partial charge in [-0.25, -0.2) is 0 Å². The fourth-order valence-electron chi connectivity index (χ4n) is 13.6. The number of benzene rings is 4. The highest BCUT2D eigenvalue weighted by atomic mass is 33.1. The largest absolute Gasteiger partial charge is 0.425 e. The number of ether oxygens (including phenoxy) is 1. The van der Waals surface area contributed by atoms with Gasteiger partial charge in [0.1, 0.15) is 66.2 Å². The molecular formula is C85H125N13O15S2. The van der Waals surface area contributed by atoms with Gasteiger partial charge in [0.05, 0.1) is 30.0 Å². The molecule has 0 saturated carbocycles. The van der Waals surface area contributed by atoms with Gasteiger partial charge in [0.25, 0.3) is 0 Å². The molecule has 0 radical (unpaired) electrons. The topological polar surface area (TPSA) is 355 Å². The van der Waals surface area contributed by atoms with E-state index in [0.29, 0.717) is 40.2 Å². The maximum atomic E-state index is 15.5. The molecule has 12 amide bonds. The van der Waals surface area contributed by atoms with Crippen molar-refractivity contribution in [2.24, 2.45) is 23.7 Å². The standard InChI is InChI=1S/C85H125N13O15S2/c1-20-114-115-68-41-33-34-55(10)74(68)113-70(101)49-63(82(109)94(16)66(48-61-39-29-23-30-40-61)78(105)88-57(12)81(108)98-42-31-24-32-43-98)90-76(103)62(46-59-35-25-21-26-36-59)89-80(107)73(54(8)9)97(19)83(110)67(45-52(4)5)93(15)69(100)50-87-77(104)65(47-60-37-27-22-28-38-60)96(18)85(112)72(58(13)99)92-79(106)64(44-51(2)3)95(17)84(111)71(53(6)7)91-75(102)56(11)86-14/h21-23,25-30,33-41,51-54,56-58,62-67,71-73,86,99H,20,24,31-32,42-50H2,1-19H3,(H,87,104)(H,88,105)(H,89,107)(H,90,103)(H,91,102)(H,92,106)/t56-,57-,58+,62-,63-,64-,65-,66?,67-,71-,72-,73-/m0/s1. The molecule has 0 bridgehead atoms. The van der Waals surface area contributed by atoms with Crippen LogP contribution in [0.4, 0.5) is 0 Å². The third kappa shape index (κ3) is 28.8. The van der Waals surface area contributed by atoms with Crippen LogP contribution < -0.4 is 42.0 Å². The molecule has 28 nitrogen and oxygen atoms in total. The molecule has 0 aromatic heterocycles. The summed E-state index contributed by atoms with van der Waals surface area (Å²) in [6.45, 7) is 22.9. The molecule has 1 saturated heterocycles. The normalized spacial score (nSPS) is 15.3. The molecule has 5 rings (SSSR count). The molecule has 1 heterocycles. The lowest BCUT2D eigenvalue weighted by Gasteiger charge is -2.37. The first kappa shape index (κ1) is 96.2. The third-order valence-corrected chi connectivity index (χ3v) is 23.0. The van der Waals surface area contributed by atoms with Gasteiger partial charge in [-0.1, -0.05) is 187 Å². The number of hydrogen-bond donors (Lipinski definition) is 8. The molecular weight excluding hydrogens is 1510 g/mol. The van der Waals surface area contributed by atoms with Gasteiger partial charge in [-0.3, -0.25) is 62.3 Å². The van der Waals surface area contributed by atoms with Gasteiger partial charge in [-0.15, -0.1) is 0 Å². The van der Waals surface area contributed by atoms with Crippen molar-refractivity contribution in [1.29, 1.82) is 0 Å². The molecule has 30 heteroatoms. The van der Waals surface area contributed by atoms with Gasteiger partial charge in [0, 0.05) is 73.3 Å². The van der Waals surface area contributed by atoms with Gasteiger partial charge < -0.3 is 76.5 Å². The van der Waals surface area contributed by atoms with Crippen LogP contribution in [0.1, 0.15) is 144 Å². The minimum atomic E-state index is -1.75. The summed E-state index contributed by atoms with van der Waals surface area (Å²) in [5, 5.41) is 30.7. The fourth-order valence-corrected chi connectivity index (χ4v) is 15.4. The van der Waals surface area contributed by atoms with Crippen LogP contribution in [0.25, 0.3) is 0 Å². The van der Waals surface area contributed by atoms with Crippen LogP contribution in [0.15, 0.2) is 114 Å². The molecule has 115 heavy (non-hydrogen) atoms. The second kappa shape index (κ2) is 47.0. The summed E-state index contributed by atoms with van der Waals surface area (Å²) in [4.78, 5) is 199. The fraction of sp³-hybridized carbons (Fsp3) is 0.565. The number of esters is 1. The maximum Gasteiger partial charge on any atom is 0.313 e. The summed E-state index contributed by atoms with van der Waals surface area (Å²) in [7, 11) is 11.4. The van der Waals surface area contributed by atoms with Crippen molar-refractivity contribution < 1.29 is 72.2 Å². The zero-order chi connectivity index (χ0) is 85.7. The van der Waals surface area contributed by atoms with E-state index in [9.17, 15) is 48.3 Å². The number of aryl methyl sites for hydroxylation is 1. The number of aliphatic hydroxyl groups excluding tert-OH is 1. The minimum absolute atomic E-state index is 0.0411. The summed E-state index contributed by atoms with van der Waals surface area (Å²) < 4.78 is 6.08. The molecule has 1 aliphatic rings. The predicted molar refractivity (Wildman–Crippen MR) is 446 cm³/mol. The first-order valence-electron chi connectivity index (χ1n) is 39.8. The van der Waals surface area contributed by atoms with E-state index in [1.165, 1.54) is 78.4 Å². The molecule has 632 valence electrons. The molecule has 12 atom stereocenters. The first-order chi connectivity index (χ1) is 54.3. The molecule has 1 aliphatic heterocycles. The van der Waals surface area contributed by atoms with E-state index >= 15 is 19.2 Å². The zero-order valence-electron chi connectivity index (χ0n) is 70.5. The number of amides is 12. The number of nitrogens with zero attached hydrogens (tertiary/aromatic N) is 6. The number of aliphatic hydroxyl groups is 1. The van der Waals surface area contributed by atoms with Crippen molar-refractivity contribution in [1.82, 2.24) is 66.6 Å². The Morgan fingerprint density at radius 2 is 0.965 bits per heavy atom. The summed E-state index contributed by atoms with van der Waals surface area (Å²) in [6.07, 6.45) is 0.178. The lowest BCUT2D eigenvalue weighted by molar-refractivity contribution is -0.150. The average Bonchev–Trinajstić information content (AvgIpc) is 0.816. The van der Waals surface area contributed by atoms with Crippen molar-refractivity contribution in [3.63, 3.8) is 0 Å². The van der Waals surface area contributed by atoms with Crippen LogP contribution in [0.2, 0.25) is 0 Å². The number of piperidine rings is 1. The van der Waals surface area contributed by atoms with E-state index in [4.69, 9.17) is 4.74 Å². The highest BCUT2D eigenvalue weighted by molar-refractivity contribution is 8.76. The SMILES string of the molecule is CCSSc1cccc(C)c1OC(=O)C[C@H](NC(=O)[C@H](Cc1ccccc1)NC(=O)[C@H](C(C)C)N(C)C(=O)[C@H](CC(C)C)N(C)C(=O)CNC(=O)[C@H](Cc1ccccc1)N(C)C(=O)[C@@H](NC(=O)[C@H](CC(C)C)N(C)C(=O)[C@@H](NC(=O)[C@H](C)NC)C(C)C)[C@@H](C)O)C(=O)N(C)C(Cc1ccccc1)C(=O)N[C@@H](C)C(=O)N1CCCCC1. The van der Waals surface area contributed by atoms with Crippen molar-refractivity contribution in [2.75, 3.05) is 67.7 Å². The lowest BCUT2D eigenvalue weighted by atomic mass is 9.96. The number of para-hydroxylation sites is 1. The smallest absolute Gasteiger partial charge is 0.313 e. The maximum absolute atomic E-state index is 15.5. The van der Waals surface area contributed by atoms with E-state index < -0.39 is 168 Å². The number of carbonyl (C=O) groups excluding carboxylic acids is 13. The molecule has 0 aliphatic carbocycles. The Hall–Kier alpha value is -9.39. The highest BCUT2D eigenvalue weighted by Gasteiger charge is 2.43. The van der Waals surface area contributed by atoms with E-state index in [2.05, 4.69) is 37.2 Å². The van der Waals surface area contributed by atoms with Crippen LogP contribution in [-0.2, 0) is 81.6 Å². The number of nitrogens with one attached hydrogen (secondary N) is 7. The Balaban J connectivity index is 1.45. The summed E-state index contributed by atoms with van der Waals surface area (Å²) >= 11 is 0. The number of likely N-dealkylation sites (N-methyl/N-ethyl adjacent to an activating group) is 6. The number of carbonyl (C=O) groups is 13. The predicted octanol–water partition coefficient (Wildman–Crippen LogP) is 5.88. The molecule has 1 unspecified atom stereocenters. The van der Waals surface area contributed by atoms with Crippen molar-refractivity contribution in [2.45, 2.75) is 225 Å². The summed E-state index contributed by atoms with van der Waals surface area (Å²) in [5.41, 5.74) is 2.45. The van der Waals surface area contributed by atoms with Gasteiger partial charge in [-0.05, 0) is 119 Å². The summed E-state index contributed by atoms with van der Waals surface area (Å²) in [6, 6.07) is 17.7. The Kier molecular flexibility index (Phi) is 39.3. The van der Waals surface area contributed by atoms with Crippen LogP contribution in [0, 0.1) is 30.6 Å². The van der Waals surface area contributed by atoms with E-state index in [0.717, 1.165) is 34.8 Å². The van der Waals surface area contributed by atoms with Crippen molar-refractivity contribution >= 4 is 98.4 Å². The summed E-state index contributed by atoms with van der Waals surface area (Å²) in [5.74, 6) is -9.84. The highest BCUT2D eigenvalue weighted by Crippen LogP contribution is 2.39. The zero-order valence-corrected chi connectivity index (χ0v) is 72.1. The Morgan fingerprint density at radius 1 is 0.478 bits per heavy atom.